The van der Waals surface area contributed by atoms with Crippen LogP contribution < -0.4 is 10.6 Å². The smallest absolute Gasteiger partial charge is 0.247 e. The zero-order chi connectivity index (χ0) is 20.2. The lowest BCUT2D eigenvalue weighted by Crippen LogP contribution is -2.68. The molecule has 9 nitrogen and oxygen atoms in total. The first kappa shape index (κ1) is 21.6. The third-order valence-corrected chi connectivity index (χ3v) is 6.69. The normalized spacial score (nSPS) is 25.7. The van der Waals surface area contributed by atoms with Gasteiger partial charge in [0.2, 0.25) is 27.7 Å². The zero-order valence-corrected chi connectivity index (χ0v) is 17.1. The summed E-state index contributed by atoms with van der Waals surface area (Å²) >= 11 is 0. The van der Waals surface area contributed by atoms with Crippen molar-refractivity contribution in [3.8, 4) is 0 Å². The van der Waals surface area contributed by atoms with Gasteiger partial charge in [0.15, 0.2) is 0 Å². The largest absolute Gasteiger partial charge is 0.352 e. The van der Waals surface area contributed by atoms with Gasteiger partial charge in [-0.15, -0.1) is 0 Å². The van der Waals surface area contributed by atoms with E-state index in [1.165, 1.54) is 31.7 Å². The maximum Gasteiger partial charge on any atom is 0.247 e. The molecule has 0 bridgehead atoms. The minimum atomic E-state index is -3.61. The third-order valence-electron chi connectivity index (χ3n) is 5.50. The number of nitrogens with zero attached hydrogens (tertiary/aromatic N) is 2. The first-order chi connectivity index (χ1) is 12.5. The predicted molar refractivity (Wildman–Crippen MR) is 100 cm³/mol. The lowest BCUT2D eigenvalue weighted by atomic mass is 9.96. The van der Waals surface area contributed by atoms with Gasteiger partial charge in [0, 0.05) is 19.6 Å². The molecular weight excluding hydrogens is 372 g/mol. The highest BCUT2D eigenvalue weighted by Gasteiger charge is 2.47. The van der Waals surface area contributed by atoms with Crippen LogP contribution in [0.5, 0.6) is 0 Å². The molecule has 3 amide bonds. The van der Waals surface area contributed by atoms with Gasteiger partial charge in [-0.05, 0) is 19.8 Å². The van der Waals surface area contributed by atoms with E-state index in [0.29, 0.717) is 0 Å². The second kappa shape index (κ2) is 8.55. The summed E-state index contributed by atoms with van der Waals surface area (Å²) in [5, 5.41) is 5.50. The lowest BCUT2D eigenvalue weighted by molar-refractivity contribution is -0.150. The first-order valence-corrected chi connectivity index (χ1v) is 11.2. The minimum absolute atomic E-state index is 0.132. The number of piperazine rings is 1. The highest BCUT2D eigenvalue weighted by molar-refractivity contribution is 7.88. The average Bonchev–Trinajstić information content (AvgIpc) is 2.84. The maximum absolute atomic E-state index is 12.7. The topological polar surface area (TPSA) is 116 Å². The van der Waals surface area contributed by atoms with Gasteiger partial charge in [0.25, 0.3) is 0 Å². The quantitative estimate of drug-likeness (QED) is 0.598. The summed E-state index contributed by atoms with van der Waals surface area (Å²) in [5.74, 6) is -1.29. The number of carbonyl (C=O) groups is 3. The Balaban J connectivity index is 1.96. The van der Waals surface area contributed by atoms with Crippen LogP contribution in [0.2, 0.25) is 0 Å². The number of sulfonamides is 1. The zero-order valence-electron chi connectivity index (χ0n) is 16.3. The van der Waals surface area contributed by atoms with Crippen LogP contribution in [-0.4, -0.2) is 79.9 Å². The van der Waals surface area contributed by atoms with Crippen molar-refractivity contribution in [3.63, 3.8) is 0 Å². The molecule has 0 aromatic carbocycles. The first-order valence-electron chi connectivity index (χ1n) is 9.33. The molecule has 154 valence electrons. The van der Waals surface area contributed by atoms with E-state index in [-0.39, 0.29) is 31.6 Å². The van der Waals surface area contributed by atoms with Crippen molar-refractivity contribution < 1.29 is 22.8 Å². The SMILES string of the molecule is CN1C(=O)CN(S(C)(=O)=O)C[C@]1(C)C(=O)NCC(=O)NC1CCCCCC1. The van der Waals surface area contributed by atoms with E-state index in [2.05, 4.69) is 10.6 Å². The van der Waals surface area contributed by atoms with Crippen molar-refractivity contribution in [2.75, 3.05) is 32.9 Å². The van der Waals surface area contributed by atoms with Crippen LogP contribution in [0.15, 0.2) is 0 Å². The molecule has 10 heteroatoms. The van der Waals surface area contributed by atoms with Crippen LogP contribution in [0, 0.1) is 0 Å². The second-order valence-corrected chi connectivity index (χ2v) is 9.68. The number of nitrogens with one attached hydrogen (secondary N) is 2. The van der Waals surface area contributed by atoms with E-state index in [9.17, 15) is 22.8 Å². The Morgan fingerprint density at radius 3 is 2.33 bits per heavy atom. The molecule has 1 saturated carbocycles. The molecule has 1 atom stereocenters. The van der Waals surface area contributed by atoms with E-state index < -0.39 is 27.4 Å². The van der Waals surface area contributed by atoms with Crippen molar-refractivity contribution in [1.29, 1.82) is 0 Å². The van der Waals surface area contributed by atoms with Crippen LogP contribution in [0.4, 0.5) is 0 Å². The summed E-state index contributed by atoms with van der Waals surface area (Å²) in [7, 11) is -2.15. The van der Waals surface area contributed by atoms with Crippen LogP contribution in [0.25, 0.3) is 0 Å². The Kier molecular flexibility index (Phi) is 6.85. The number of hydrogen-bond acceptors (Lipinski definition) is 5. The fraction of sp³-hybridized carbons (Fsp3) is 0.824. The Labute approximate surface area is 160 Å². The predicted octanol–water partition coefficient (Wildman–Crippen LogP) is -0.566. The summed E-state index contributed by atoms with van der Waals surface area (Å²) in [5.41, 5.74) is -1.37. The molecule has 27 heavy (non-hydrogen) atoms. The fourth-order valence-corrected chi connectivity index (χ4v) is 4.38. The van der Waals surface area contributed by atoms with Gasteiger partial charge in [-0.2, -0.15) is 4.31 Å². The molecule has 2 fully saturated rings. The average molecular weight is 403 g/mol. The van der Waals surface area contributed by atoms with Gasteiger partial charge in [-0.1, -0.05) is 25.7 Å². The maximum atomic E-state index is 12.7. The molecule has 0 aromatic heterocycles. The summed E-state index contributed by atoms with van der Waals surface area (Å²) in [4.78, 5) is 38.3. The molecule has 1 aliphatic carbocycles. The lowest BCUT2D eigenvalue weighted by Gasteiger charge is -2.44. The summed E-state index contributed by atoms with van der Waals surface area (Å²) in [6.45, 7) is 0.858. The van der Waals surface area contributed by atoms with E-state index in [0.717, 1.165) is 36.2 Å². The van der Waals surface area contributed by atoms with Crippen molar-refractivity contribution in [3.05, 3.63) is 0 Å². The Bertz CT molecular complexity index is 687. The Morgan fingerprint density at radius 2 is 1.78 bits per heavy atom. The number of carbonyl (C=O) groups excluding carboxylic acids is 3. The Hall–Kier alpha value is -1.68. The van der Waals surface area contributed by atoms with Gasteiger partial charge < -0.3 is 15.5 Å². The van der Waals surface area contributed by atoms with Crippen molar-refractivity contribution in [2.45, 2.75) is 57.0 Å². The van der Waals surface area contributed by atoms with Crippen molar-refractivity contribution >= 4 is 27.7 Å². The van der Waals surface area contributed by atoms with Crippen LogP contribution in [0.1, 0.15) is 45.4 Å². The highest BCUT2D eigenvalue weighted by Crippen LogP contribution is 2.23. The van der Waals surface area contributed by atoms with Crippen molar-refractivity contribution in [2.24, 2.45) is 0 Å². The van der Waals surface area contributed by atoms with Crippen LogP contribution >= 0.6 is 0 Å². The molecular formula is C17H30N4O5S. The fourth-order valence-electron chi connectivity index (χ4n) is 3.55. The van der Waals surface area contributed by atoms with Crippen LogP contribution in [-0.2, 0) is 24.4 Å². The van der Waals surface area contributed by atoms with E-state index >= 15 is 0 Å². The van der Waals surface area contributed by atoms with E-state index in [1.807, 2.05) is 0 Å². The minimum Gasteiger partial charge on any atom is -0.352 e. The molecule has 2 rings (SSSR count). The van der Waals surface area contributed by atoms with Crippen LogP contribution in [0.3, 0.4) is 0 Å². The van der Waals surface area contributed by atoms with Gasteiger partial charge in [-0.3, -0.25) is 14.4 Å². The highest BCUT2D eigenvalue weighted by atomic mass is 32.2. The van der Waals surface area contributed by atoms with E-state index in [1.54, 1.807) is 0 Å². The molecule has 2 N–H and O–H groups in total. The molecule has 1 saturated heterocycles. The standard InChI is InChI=1S/C17H30N4O5S/c1-17(12-21(27(3,25)26)11-15(23)20(17)2)16(24)18-10-14(22)19-13-8-6-4-5-7-9-13/h13H,4-12H2,1-3H3,(H,18,24)(H,19,22)/t17-/m1/s1. The molecule has 0 unspecified atom stereocenters. The molecule has 1 heterocycles. The number of hydrogen-bond donors (Lipinski definition) is 2. The number of likely N-dealkylation sites (N-methyl/N-ethyl adjacent to an activating group) is 1. The molecule has 1 aliphatic heterocycles. The number of rotatable bonds is 5. The summed E-state index contributed by atoms with van der Waals surface area (Å²) in [6, 6.07) is 0.132. The second-order valence-electron chi connectivity index (χ2n) is 7.70. The van der Waals surface area contributed by atoms with Gasteiger partial charge in [0.05, 0.1) is 19.3 Å². The summed E-state index contributed by atoms with van der Waals surface area (Å²) < 4.78 is 24.6. The van der Waals surface area contributed by atoms with Gasteiger partial charge in [-0.25, -0.2) is 8.42 Å². The number of amides is 3. The monoisotopic (exact) mass is 402 g/mol. The van der Waals surface area contributed by atoms with Gasteiger partial charge in [0.1, 0.15) is 5.54 Å². The van der Waals surface area contributed by atoms with E-state index in [4.69, 9.17) is 0 Å². The molecule has 0 aromatic rings. The molecule has 0 spiro atoms. The summed E-state index contributed by atoms with van der Waals surface area (Å²) in [6.07, 6.45) is 7.42. The molecule has 2 aliphatic rings. The Morgan fingerprint density at radius 1 is 1.19 bits per heavy atom. The molecule has 0 radical (unpaired) electrons. The van der Waals surface area contributed by atoms with Gasteiger partial charge >= 0.3 is 0 Å². The third kappa shape index (κ3) is 5.41. The van der Waals surface area contributed by atoms with Crippen molar-refractivity contribution in [1.82, 2.24) is 19.8 Å².